The Bertz CT molecular complexity index is 58.3. The van der Waals surface area contributed by atoms with Gasteiger partial charge >= 0.3 is 22.4 Å². The molecule has 1 radical (unpaired) electrons. The van der Waals surface area contributed by atoms with Gasteiger partial charge in [-0.15, -0.1) is 37.2 Å². The summed E-state index contributed by atoms with van der Waals surface area (Å²) < 4.78 is 0. The van der Waals surface area contributed by atoms with E-state index in [-0.39, 0.29) is 70.4 Å². The second-order valence-electron chi connectivity index (χ2n) is 5.12. The third kappa shape index (κ3) is 835. The largest absolute Gasteiger partial charge is 2.00 e. The van der Waals surface area contributed by atoms with Gasteiger partial charge in [-0.25, -0.2) is 0 Å². The van der Waals surface area contributed by atoms with Gasteiger partial charge in [0.15, 0.2) is 0 Å². The molecule has 0 bridgehead atoms. The van der Waals surface area contributed by atoms with E-state index in [9.17, 15) is 0 Å². The molecule has 0 nitrogen and oxygen atoms in total. The van der Waals surface area contributed by atoms with Crippen LogP contribution in [0.15, 0.2) is 0 Å². The molecule has 0 fully saturated rings. The van der Waals surface area contributed by atoms with E-state index in [1.807, 2.05) is 0 Å². The molecule has 91 valence electrons. The van der Waals surface area contributed by atoms with Crippen molar-refractivity contribution in [2.24, 2.45) is 10.8 Å². The van der Waals surface area contributed by atoms with Crippen LogP contribution in [0.25, 0.3) is 0 Å². The molecule has 0 aliphatic carbocycles. The minimum absolute atomic E-state index is 0. The molecule has 0 saturated heterocycles. The minimum Gasteiger partial charge on any atom is -0.338 e. The third-order valence-electron chi connectivity index (χ3n) is 0. The molecule has 0 saturated carbocycles. The van der Waals surface area contributed by atoms with E-state index < -0.39 is 0 Å². The van der Waals surface area contributed by atoms with Gasteiger partial charge in [-0.2, -0.15) is 10.8 Å². The molecule has 0 aromatic heterocycles. The zero-order chi connectivity index (χ0) is 9.00. The van der Waals surface area contributed by atoms with Gasteiger partial charge in [0.2, 0.25) is 0 Å². The SMILES string of the molecule is Cl.Cl.Cl.[CH2-]C(C)(C)C.[CH2-]C(C)(C)C.[Nb+2]. The number of hydrogen-bond acceptors (Lipinski definition) is 0. The molecule has 0 rings (SSSR count). The van der Waals surface area contributed by atoms with Gasteiger partial charge in [0.05, 0.1) is 0 Å². The zero-order valence-corrected chi connectivity index (χ0v) is 14.7. The van der Waals surface area contributed by atoms with E-state index >= 15 is 0 Å². The Hall–Kier alpha value is 1.61. The molecule has 0 heterocycles. The van der Waals surface area contributed by atoms with Crippen LogP contribution in [-0.4, -0.2) is 0 Å². The Labute approximate surface area is 125 Å². The van der Waals surface area contributed by atoms with Gasteiger partial charge in [-0.3, -0.25) is 0 Å². The predicted molar refractivity (Wildman–Crippen MR) is 71.4 cm³/mol. The summed E-state index contributed by atoms with van der Waals surface area (Å²) in [5, 5.41) is 0. The molecule has 14 heavy (non-hydrogen) atoms. The van der Waals surface area contributed by atoms with Gasteiger partial charge in [0.25, 0.3) is 0 Å². The molecule has 0 N–H and O–H groups in total. The first-order valence-electron chi connectivity index (χ1n) is 3.71. The van der Waals surface area contributed by atoms with Crippen molar-refractivity contribution in [2.45, 2.75) is 41.5 Å². The van der Waals surface area contributed by atoms with Crippen molar-refractivity contribution in [1.82, 2.24) is 0 Å². The van der Waals surface area contributed by atoms with Crippen molar-refractivity contribution in [2.75, 3.05) is 0 Å². The Balaban J connectivity index is -0.0000000178. The molecule has 0 aliphatic heterocycles. The molecule has 4 heteroatoms. The van der Waals surface area contributed by atoms with Crippen molar-refractivity contribution in [3.8, 4) is 0 Å². The number of halogens is 3. The Morgan fingerprint density at radius 1 is 0.571 bits per heavy atom. The monoisotopic (exact) mass is 343 g/mol. The second kappa shape index (κ2) is 14.6. The first kappa shape index (κ1) is 36.1. The van der Waals surface area contributed by atoms with Crippen LogP contribution in [0.5, 0.6) is 0 Å². The summed E-state index contributed by atoms with van der Waals surface area (Å²) in [5.74, 6) is 0. The maximum atomic E-state index is 3.77. The van der Waals surface area contributed by atoms with E-state index in [1.165, 1.54) is 0 Å². The summed E-state index contributed by atoms with van der Waals surface area (Å²) in [7, 11) is 0. The first-order valence-corrected chi connectivity index (χ1v) is 3.71. The van der Waals surface area contributed by atoms with E-state index in [1.54, 1.807) is 0 Å². The van der Waals surface area contributed by atoms with Gasteiger partial charge in [-0.05, 0) is 0 Å². The summed E-state index contributed by atoms with van der Waals surface area (Å²) in [6, 6.07) is 0. The maximum absolute atomic E-state index is 3.77. The number of hydrogen-bond donors (Lipinski definition) is 0. The summed E-state index contributed by atoms with van der Waals surface area (Å²) in [4.78, 5) is 0. The quantitative estimate of drug-likeness (QED) is 0.429. The first-order chi connectivity index (χ1) is 4.00. The molecular weight excluding hydrogens is 319 g/mol. The second-order valence-corrected chi connectivity index (χ2v) is 5.12. The van der Waals surface area contributed by atoms with Gasteiger partial charge in [-0.1, -0.05) is 41.5 Å². The minimum atomic E-state index is 0. The molecule has 0 unspecified atom stereocenters. The normalized spacial score (nSPS) is 8.57. The molecule has 0 atom stereocenters. The number of rotatable bonds is 0. The van der Waals surface area contributed by atoms with E-state index in [0.29, 0.717) is 0 Å². The molecule has 0 aromatic carbocycles. The topological polar surface area (TPSA) is 0 Å². The van der Waals surface area contributed by atoms with E-state index in [4.69, 9.17) is 0 Å². The average Bonchev–Trinajstić information content (AvgIpc) is 1.12. The molecule has 0 aromatic rings. The van der Waals surface area contributed by atoms with Crippen LogP contribution in [0.4, 0.5) is 0 Å². The van der Waals surface area contributed by atoms with Gasteiger partial charge in [0, 0.05) is 0 Å². The van der Waals surface area contributed by atoms with Crippen molar-refractivity contribution >= 4 is 37.2 Å². The smallest absolute Gasteiger partial charge is 0.338 e. The van der Waals surface area contributed by atoms with Crippen LogP contribution in [-0.2, 0) is 22.4 Å². The fourth-order valence-electron chi connectivity index (χ4n) is 0. The Morgan fingerprint density at radius 2 is 0.571 bits per heavy atom. The van der Waals surface area contributed by atoms with Crippen LogP contribution in [0.3, 0.4) is 0 Å². The van der Waals surface area contributed by atoms with Crippen LogP contribution < -0.4 is 0 Å². The summed E-state index contributed by atoms with van der Waals surface area (Å²) >= 11 is 0. The van der Waals surface area contributed by atoms with Crippen LogP contribution in [0.2, 0.25) is 0 Å². The average molecular weight is 345 g/mol. The molecule has 0 spiro atoms. The van der Waals surface area contributed by atoms with Crippen molar-refractivity contribution in [3.63, 3.8) is 0 Å². The van der Waals surface area contributed by atoms with Gasteiger partial charge < -0.3 is 13.8 Å². The van der Waals surface area contributed by atoms with Crippen LogP contribution >= 0.6 is 37.2 Å². The summed E-state index contributed by atoms with van der Waals surface area (Å²) in [6.45, 7) is 20.0. The Morgan fingerprint density at radius 3 is 0.571 bits per heavy atom. The molecular formula is C10H25Cl3Nb. The fourth-order valence-corrected chi connectivity index (χ4v) is 0. The van der Waals surface area contributed by atoms with Crippen molar-refractivity contribution in [3.05, 3.63) is 13.8 Å². The third-order valence-corrected chi connectivity index (χ3v) is 0. The van der Waals surface area contributed by atoms with Gasteiger partial charge in [0.1, 0.15) is 0 Å². The van der Waals surface area contributed by atoms with Crippen LogP contribution in [0, 0.1) is 24.7 Å². The van der Waals surface area contributed by atoms with E-state index in [2.05, 4.69) is 55.4 Å². The van der Waals surface area contributed by atoms with E-state index in [0.717, 1.165) is 0 Å². The van der Waals surface area contributed by atoms with Crippen LogP contribution in [0.1, 0.15) is 41.5 Å². The van der Waals surface area contributed by atoms with Crippen molar-refractivity contribution in [1.29, 1.82) is 0 Å². The Kier molecular flexibility index (Phi) is 37.7. The van der Waals surface area contributed by atoms with Crippen molar-refractivity contribution < 1.29 is 22.4 Å². The maximum Gasteiger partial charge on any atom is 2.00 e. The standard InChI is InChI=1S/2C5H11.3ClH.Nb/c2*1-5(2,3)4;;;;/h2*1H2,2-4H3;3*1H;/q2*-1;;;;+2. The summed E-state index contributed by atoms with van der Waals surface area (Å²) in [5.41, 5.74) is 0.500. The summed E-state index contributed by atoms with van der Waals surface area (Å²) in [6.07, 6.45) is 0. The fraction of sp³-hybridized carbons (Fsp3) is 0.800. The predicted octanol–water partition coefficient (Wildman–Crippen LogP) is 5.00. The zero-order valence-electron chi connectivity index (χ0n) is 10.1. The molecule has 0 aliphatic rings. The molecule has 0 amide bonds.